The second-order valence-electron chi connectivity index (χ2n) is 5.43. The lowest BCUT2D eigenvalue weighted by atomic mass is 9.97. The SMILES string of the molecule is COc1cccc([C@H](C)NC2COCc3ccccc32)c1. The molecule has 1 aliphatic heterocycles. The molecule has 2 aromatic carbocycles. The minimum absolute atomic E-state index is 0.233. The zero-order chi connectivity index (χ0) is 14.7. The van der Waals surface area contributed by atoms with Crippen molar-refractivity contribution >= 4 is 0 Å². The highest BCUT2D eigenvalue weighted by atomic mass is 16.5. The average Bonchev–Trinajstić information content (AvgIpc) is 2.55. The van der Waals surface area contributed by atoms with Gasteiger partial charge in [-0.05, 0) is 35.7 Å². The van der Waals surface area contributed by atoms with Gasteiger partial charge in [0.15, 0.2) is 0 Å². The van der Waals surface area contributed by atoms with Crippen molar-refractivity contribution in [3.05, 3.63) is 65.2 Å². The van der Waals surface area contributed by atoms with E-state index in [1.165, 1.54) is 16.7 Å². The molecule has 2 atom stereocenters. The molecule has 0 amide bonds. The fourth-order valence-corrected chi connectivity index (χ4v) is 2.83. The van der Waals surface area contributed by atoms with Crippen LogP contribution in [-0.2, 0) is 11.3 Å². The standard InChI is InChI=1S/C18H21NO2/c1-13(14-7-5-8-16(10-14)20-2)19-18-12-21-11-15-6-3-4-9-17(15)18/h3-10,13,18-19H,11-12H2,1-2H3/t13-,18?/m0/s1. The molecule has 110 valence electrons. The van der Waals surface area contributed by atoms with Gasteiger partial charge >= 0.3 is 0 Å². The number of ether oxygens (including phenoxy) is 2. The summed E-state index contributed by atoms with van der Waals surface area (Å²) in [5.41, 5.74) is 3.84. The minimum Gasteiger partial charge on any atom is -0.497 e. The van der Waals surface area contributed by atoms with Gasteiger partial charge in [0.25, 0.3) is 0 Å². The highest BCUT2D eigenvalue weighted by Gasteiger charge is 2.22. The van der Waals surface area contributed by atoms with Crippen LogP contribution in [0.25, 0.3) is 0 Å². The van der Waals surface area contributed by atoms with Crippen molar-refractivity contribution in [1.82, 2.24) is 5.32 Å². The molecule has 3 rings (SSSR count). The summed E-state index contributed by atoms with van der Waals surface area (Å²) >= 11 is 0. The molecule has 0 saturated heterocycles. The Labute approximate surface area is 125 Å². The number of rotatable bonds is 4. The molecule has 0 fully saturated rings. The molecule has 1 unspecified atom stereocenters. The lowest BCUT2D eigenvalue weighted by molar-refractivity contribution is 0.0791. The van der Waals surface area contributed by atoms with E-state index in [1.54, 1.807) is 7.11 Å². The molecule has 0 spiro atoms. The zero-order valence-corrected chi connectivity index (χ0v) is 12.5. The van der Waals surface area contributed by atoms with E-state index in [-0.39, 0.29) is 12.1 Å². The van der Waals surface area contributed by atoms with Gasteiger partial charge in [0, 0.05) is 6.04 Å². The monoisotopic (exact) mass is 283 g/mol. The van der Waals surface area contributed by atoms with Gasteiger partial charge in [0.05, 0.1) is 26.4 Å². The van der Waals surface area contributed by atoms with Crippen LogP contribution in [0.5, 0.6) is 5.75 Å². The summed E-state index contributed by atoms with van der Waals surface area (Å²) in [6.07, 6.45) is 0. The van der Waals surface area contributed by atoms with E-state index in [0.29, 0.717) is 13.2 Å². The Balaban J connectivity index is 1.77. The van der Waals surface area contributed by atoms with Crippen LogP contribution in [0.4, 0.5) is 0 Å². The van der Waals surface area contributed by atoms with Gasteiger partial charge in [-0.2, -0.15) is 0 Å². The Morgan fingerprint density at radius 2 is 2.05 bits per heavy atom. The lowest BCUT2D eigenvalue weighted by Gasteiger charge is -2.29. The molecule has 0 aromatic heterocycles. The topological polar surface area (TPSA) is 30.5 Å². The maximum atomic E-state index is 5.70. The first-order valence-electron chi connectivity index (χ1n) is 7.33. The first-order valence-corrected chi connectivity index (χ1v) is 7.33. The van der Waals surface area contributed by atoms with E-state index in [1.807, 2.05) is 12.1 Å². The number of hydrogen-bond donors (Lipinski definition) is 1. The van der Waals surface area contributed by atoms with Crippen LogP contribution in [-0.4, -0.2) is 13.7 Å². The van der Waals surface area contributed by atoms with Crippen molar-refractivity contribution < 1.29 is 9.47 Å². The lowest BCUT2D eigenvalue weighted by Crippen LogP contribution is -2.31. The highest BCUT2D eigenvalue weighted by molar-refractivity contribution is 5.33. The van der Waals surface area contributed by atoms with Gasteiger partial charge in [-0.3, -0.25) is 0 Å². The Morgan fingerprint density at radius 1 is 1.19 bits per heavy atom. The quantitative estimate of drug-likeness (QED) is 0.929. The van der Waals surface area contributed by atoms with Crippen molar-refractivity contribution in [2.75, 3.05) is 13.7 Å². The first-order chi connectivity index (χ1) is 10.3. The van der Waals surface area contributed by atoms with Gasteiger partial charge in [-0.25, -0.2) is 0 Å². The fraction of sp³-hybridized carbons (Fsp3) is 0.333. The Bertz CT molecular complexity index is 612. The molecule has 3 heteroatoms. The van der Waals surface area contributed by atoms with Crippen LogP contribution in [0.2, 0.25) is 0 Å². The predicted octanol–water partition coefficient (Wildman–Crippen LogP) is 3.62. The third kappa shape index (κ3) is 3.09. The van der Waals surface area contributed by atoms with Crippen LogP contribution in [0.3, 0.4) is 0 Å². The van der Waals surface area contributed by atoms with Crippen LogP contribution in [0.15, 0.2) is 48.5 Å². The molecule has 0 aliphatic carbocycles. The summed E-state index contributed by atoms with van der Waals surface area (Å²) in [5, 5.41) is 3.66. The third-order valence-corrected chi connectivity index (χ3v) is 4.02. The maximum absolute atomic E-state index is 5.70. The number of hydrogen-bond acceptors (Lipinski definition) is 3. The largest absolute Gasteiger partial charge is 0.497 e. The summed E-state index contributed by atoms with van der Waals surface area (Å²) in [7, 11) is 1.70. The predicted molar refractivity (Wildman–Crippen MR) is 83.4 cm³/mol. The van der Waals surface area contributed by atoms with Crippen molar-refractivity contribution in [2.45, 2.75) is 25.6 Å². The molecular weight excluding hydrogens is 262 g/mol. The molecule has 3 nitrogen and oxygen atoms in total. The third-order valence-electron chi connectivity index (χ3n) is 4.02. The van der Waals surface area contributed by atoms with Gasteiger partial charge in [0.1, 0.15) is 5.75 Å². The number of fused-ring (bicyclic) bond motifs is 1. The van der Waals surface area contributed by atoms with E-state index in [4.69, 9.17) is 9.47 Å². The van der Waals surface area contributed by atoms with Gasteiger partial charge in [-0.15, -0.1) is 0 Å². The smallest absolute Gasteiger partial charge is 0.119 e. The van der Waals surface area contributed by atoms with Crippen LogP contribution < -0.4 is 10.1 Å². The van der Waals surface area contributed by atoms with E-state index in [9.17, 15) is 0 Å². The second kappa shape index (κ2) is 6.29. The molecule has 1 heterocycles. The molecule has 21 heavy (non-hydrogen) atoms. The molecule has 0 radical (unpaired) electrons. The van der Waals surface area contributed by atoms with Crippen LogP contribution in [0.1, 0.15) is 35.7 Å². The van der Waals surface area contributed by atoms with E-state index >= 15 is 0 Å². The summed E-state index contributed by atoms with van der Waals surface area (Å²) in [4.78, 5) is 0. The molecule has 1 N–H and O–H groups in total. The Morgan fingerprint density at radius 3 is 2.90 bits per heavy atom. The number of benzene rings is 2. The number of nitrogens with one attached hydrogen (secondary N) is 1. The highest BCUT2D eigenvalue weighted by Crippen LogP contribution is 2.28. The molecule has 1 aliphatic rings. The molecular formula is C18H21NO2. The van der Waals surface area contributed by atoms with E-state index in [2.05, 4.69) is 48.6 Å². The van der Waals surface area contributed by atoms with Gasteiger partial charge < -0.3 is 14.8 Å². The summed E-state index contributed by atoms with van der Waals surface area (Å²) in [6, 6.07) is 17.1. The molecule has 2 aromatic rings. The fourth-order valence-electron chi connectivity index (χ4n) is 2.83. The molecule has 0 bridgehead atoms. The maximum Gasteiger partial charge on any atom is 0.119 e. The summed E-state index contributed by atoms with van der Waals surface area (Å²) in [6.45, 7) is 3.60. The second-order valence-corrected chi connectivity index (χ2v) is 5.43. The summed E-state index contributed by atoms with van der Waals surface area (Å²) < 4.78 is 11.0. The zero-order valence-electron chi connectivity index (χ0n) is 12.5. The van der Waals surface area contributed by atoms with Crippen molar-refractivity contribution in [3.63, 3.8) is 0 Å². The van der Waals surface area contributed by atoms with Gasteiger partial charge in [0.2, 0.25) is 0 Å². The average molecular weight is 283 g/mol. The van der Waals surface area contributed by atoms with Crippen molar-refractivity contribution in [2.24, 2.45) is 0 Å². The van der Waals surface area contributed by atoms with Crippen LogP contribution >= 0.6 is 0 Å². The summed E-state index contributed by atoms with van der Waals surface area (Å²) in [5.74, 6) is 0.890. The Kier molecular flexibility index (Phi) is 4.23. The molecule has 0 saturated carbocycles. The van der Waals surface area contributed by atoms with Gasteiger partial charge in [-0.1, -0.05) is 36.4 Å². The normalized spacial score (nSPS) is 18.9. The van der Waals surface area contributed by atoms with Crippen molar-refractivity contribution in [3.8, 4) is 5.75 Å². The minimum atomic E-state index is 0.233. The first kappa shape index (κ1) is 14.1. The number of methoxy groups -OCH3 is 1. The van der Waals surface area contributed by atoms with E-state index in [0.717, 1.165) is 5.75 Å². The Hall–Kier alpha value is -1.84. The van der Waals surface area contributed by atoms with E-state index < -0.39 is 0 Å². The van der Waals surface area contributed by atoms with Crippen molar-refractivity contribution in [1.29, 1.82) is 0 Å². The van der Waals surface area contributed by atoms with Crippen LogP contribution in [0, 0.1) is 0 Å².